The van der Waals surface area contributed by atoms with Gasteiger partial charge in [0, 0.05) is 31.6 Å². The molecule has 2 N–H and O–H groups in total. The van der Waals surface area contributed by atoms with Crippen molar-refractivity contribution in [2.24, 2.45) is 0 Å². The molecule has 12 nitrogen and oxygen atoms in total. The van der Waals surface area contributed by atoms with Crippen LogP contribution in [0.15, 0.2) is 36.7 Å². The van der Waals surface area contributed by atoms with Gasteiger partial charge < -0.3 is 10.1 Å². The van der Waals surface area contributed by atoms with Crippen molar-refractivity contribution in [3.63, 3.8) is 0 Å². The number of anilines is 3. The van der Waals surface area contributed by atoms with E-state index < -0.39 is 27.0 Å². The summed E-state index contributed by atoms with van der Waals surface area (Å²) in [6, 6.07) is 6.29. The lowest BCUT2D eigenvalue weighted by molar-refractivity contribution is -0.141. The van der Waals surface area contributed by atoms with Crippen LogP contribution in [0.25, 0.3) is 11.0 Å². The number of esters is 1. The van der Waals surface area contributed by atoms with Gasteiger partial charge in [-0.3, -0.25) is 13.7 Å². The first-order valence-electron chi connectivity index (χ1n) is 9.87. The number of carbonyl (C=O) groups excluding carboxylic acids is 1. The SMILES string of the molecule is CC(=O)OCCCCn1ncc2cnc(Nc3ccc(N(CS(C)(=O)=O)S(=O)O)cc3)nc21. The lowest BCUT2D eigenvalue weighted by Gasteiger charge is -2.19. The minimum Gasteiger partial charge on any atom is -0.466 e. The largest absolute Gasteiger partial charge is 0.466 e. The molecule has 0 aliphatic heterocycles. The summed E-state index contributed by atoms with van der Waals surface area (Å²) in [5.74, 6) is -0.563. The molecule has 33 heavy (non-hydrogen) atoms. The molecule has 14 heteroatoms. The van der Waals surface area contributed by atoms with Crippen LogP contribution in [0, 0.1) is 0 Å². The first-order chi connectivity index (χ1) is 15.6. The van der Waals surface area contributed by atoms with E-state index in [-0.39, 0.29) is 11.7 Å². The van der Waals surface area contributed by atoms with Gasteiger partial charge in [0.05, 0.1) is 23.9 Å². The van der Waals surface area contributed by atoms with E-state index in [4.69, 9.17) is 4.74 Å². The molecule has 1 unspecified atom stereocenters. The van der Waals surface area contributed by atoms with E-state index in [1.165, 1.54) is 19.1 Å². The summed E-state index contributed by atoms with van der Waals surface area (Å²) in [7, 11) is -3.50. The number of sulfone groups is 1. The Morgan fingerprint density at radius 3 is 2.61 bits per heavy atom. The predicted molar refractivity (Wildman–Crippen MR) is 124 cm³/mol. The summed E-state index contributed by atoms with van der Waals surface area (Å²) < 4.78 is 51.5. The van der Waals surface area contributed by atoms with Crippen molar-refractivity contribution in [1.29, 1.82) is 0 Å². The first kappa shape index (κ1) is 24.5. The second kappa shape index (κ2) is 10.7. The zero-order chi connectivity index (χ0) is 24.0. The molecule has 1 atom stereocenters. The highest BCUT2D eigenvalue weighted by Crippen LogP contribution is 2.22. The molecule has 0 aliphatic carbocycles. The van der Waals surface area contributed by atoms with E-state index in [1.807, 2.05) is 0 Å². The Balaban J connectivity index is 1.69. The summed E-state index contributed by atoms with van der Waals surface area (Å²) in [5.41, 5.74) is 1.52. The van der Waals surface area contributed by atoms with Crippen LogP contribution in [0.4, 0.5) is 17.3 Å². The van der Waals surface area contributed by atoms with Crippen LogP contribution in [-0.4, -0.2) is 61.6 Å². The summed E-state index contributed by atoms with van der Waals surface area (Å²) in [5, 5.41) is 8.15. The third kappa shape index (κ3) is 7.20. The monoisotopic (exact) mass is 496 g/mol. The molecule has 0 radical (unpaired) electrons. The van der Waals surface area contributed by atoms with Gasteiger partial charge in [0.2, 0.25) is 5.95 Å². The van der Waals surface area contributed by atoms with E-state index >= 15 is 0 Å². The third-order valence-corrected chi connectivity index (χ3v) is 6.01. The van der Waals surface area contributed by atoms with Crippen LogP contribution in [0.5, 0.6) is 0 Å². The second-order valence-corrected chi connectivity index (χ2v) is 10.2. The van der Waals surface area contributed by atoms with E-state index in [1.54, 1.807) is 29.2 Å². The van der Waals surface area contributed by atoms with Gasteiger partial charge in [-0.1, -0.05) is 0 Å². The fraction of sp³-hybridized carbons (Fsp3) is 0.368. The third-order valence-electron chi connectivity index (χ3n) is 4.40. The zero-order valence-corrected chi connectivity index (χ0v) is 19.7. The van der Waals surface area contributed by atoms with Crippen LogP contribution in [0.2, 0.25) is 0 Å². The predicted octanol–water partition coefficient (Wildman–Crippen LogP) is 1.86. The summed E-state index contributed by atoms with van der Waals surface area (Å²) in [6.07, 6.45) is 5.77. The number of nitrogens with zero attached hydrogens (tertiary/aromatic N) is 5. The molecule has 3 aromatic rings. The Hall–Kier alpha value is -3.10. The molecule has 0 bridgehead atoms. The Morgan fingerprint density at radius 1 is 1.24 bits per heavy atom. The highest BCUT2D eigenvalue weighted by molar-refractivity contribution is 7.92. The van der Waals surface area contributed by atoms with Gasteiger partial charge >= 0.3 is 5.97 Å². The number of aryl methyl sites for hydroxylation is 1. The highest BCUT2D eigenvalue weighted by Gasteiger charge is 2.18. The number of nitrogens with one attached hydrogen (secondary N) is 1. The maximum atomic E-state index is 11.5. The van der Waals surface area contributed by atoms with Crippen LogP contribution < -0.4 is 9.62 Å². The van der Waals surface area contributed by atoms with Crippen LogP contribution >= 0.6 is 0 Å². The number of rotatable bonds is 11. The minimum atomic E-state index is -3.50. The second-order valence-electron chi connectivity index (χ2n) is 7.22. The first-order valence-corrected chi connectivity index (χ1v) is 13.0. The highest BCUT2D eigenvalue weighted by atomic mass is 32.2. The molecule has 0 fully saturated rings. The number of unbranched alkanes of at least 4 members (excludes halogenated alkanes) is 1. The van der Waals surface area contributed by atoms with Crippen molar-refractivity contribution in [2.75, 3.05) is 28.4 Å². The number of benzene rings is 1. The zero-order valence-electron chi connectivity index (χ0n) is 18.0. The van der Waals surface area contributed by atoms with Crippen molar-refractivity contribution < 1.29 is 26.7 Å². The average Bonchev–Trinajstić information content (AvgIpc) is 3.14. The molecule has 2 heterocycles. The number of carbonyl (C=O) groups is 1. The molecule has 0 saturated heterocycles. The molecular weight excluding hydrogens is 472 g/mol. The van der Waals surface area contributed by atoms with Gasteiger partial charge in [0.1, 0.15) is 5.88 Å². The molecule has 3 rings (SSSR count). The van der Waals surface area contributed by atoms with Crippen LogP contribution in [0.1, 0.15) is 19.8 Å². The Bertz CT molecular complexity index is 1250. The van der Waals surface area contributed by atoms with Crippen molar-refractivity contribution in [3.05, 3.63) is 36.7 Å². The van der Waals surface area contributed by atoms with Crippen molar-refractivity contribution in [3.8, 4) is 0 Å². The van der Waals surface area contributed by atoms with Gasteiger partial charge in [-0.25, -0.2) is 22.3 Å². The van der Waals surface area contributed by atoms with Crippen molar-refractivity contribution in [1.82, 2.24) is 19.7 Å². The summed E-state index contributed by atoms with van der Waals surface area (Å²) in [4.78, 5) is 19.6. The quantitative estimate of drug-likeness (QED) is 0.228. The maximum absolute atomic E-state index is 11.5. The van der Waals surface area contributed by atoms with Crippen molar-refractivity contribution in [2.45, 2.75) is 26.3 Å². The molecule has 1 aromatic carbocycles. The molecule has 0 saturated carbocycles. The summed E-state index contributed by atoms with van der Waals surface area (Å²) in [6.45, 7) is 2.33. The molecule has 0 spiro atoms. The number of hydrogen-bond acceptors (Lipinski definition) is 9. The van der Waals surface area contributed by atoms with Gasteiger partial charge in [0.15, 0.2) is 15.5 Å². The minimum absolute atomic E-state index is 0.273. The maximum Gasteiger partial charge on any atom is 0.302 e. The normalized spacial score (nSPS) is 12.5. The van der Waals surface area contributed by atoms with E-state index in [9.17, 15) is 22.0 Å². The smallest absolute Gasteiger partial charge is 0.302 e. The average molecular weight is 497 g/mol. The Morgan fingerprint density at radius 2 is 1.97 bits per heavy atom. The fourth-order valence-electron chi connectivity index (χ4n) is 2.93. The molecule has 0 amide bonds. The number of aromatic nitrogens is 4. The van der Waals surface area contributed by atoms with Gasteiger partial charge in [0.25, 0.3) is 11.3 Å². The number of fused-ring (bicyclic) bond motifs is 1. The number of hydrogen-bond donors (Lipinski definition) is 2. The Kier molecular flexibility index (Phi) is 7.94. The van der Waals surface area contributed by atoms with Gasteiger partial charge in [-0.2, -0.15) is 10.1 Å². The van der Waals surface area contributed by atoms with Crippen molar-refractivity contribution >= 4 is 55.4 Å². The lowest BCUT2D eigenvalue weighted by Crippen LogP contribution is -2.30. The molecule has 2 aromatic heterocycles. The molecular formula is C19H24N6O6S2. The molecule has 0 aliphatic rings. The topological polar surface area (TPSA) is 157 Å². The standard InChI is InChI=1S/C19H24N6O6S2/c1-14(26)31-10-4-3-9-24-18-15(12-21-24)11-20-19(23-18)22-16-5-7-17(8-6-16)25(32(27)28)13-33(2,29)30/h5-8,11-12H,3-4,9-10,13H2,1-2H3,(H,27,28)(H,20,22,23). The fourth-order valence-corrected chi connectivity index (χ4v) is 4.75. The van der Waals surface area contributed by atoms with E-state index in [0.29, 0.717) is 36.9 Å². The number of ether oxygens (including phenoxy) is 1. The molecule has 178 valence electrons. The van der Waals surface area contributed by atoms with Crippen LogP contribution in [0.3, 0.4) is 0 Å². The summed E-state index contributed by atoms with van der Waals surface area (Å²) >= 11 is -2.49. The van der Waals surface area contributed by atoms with Crippen LogP contribution in [-0.2, 0) is 37.2 Å². The lowest BCUT2D eigenvalue weighted by atomic mass is 10.3. The van der Waals surface area contributed by atoms with E-state index in [2.05, 4.69) is 20.4 Å². The van der Waals surface area contributed by atoms with Gasteiger partial charge in [-0.15, -0.1) is 0 Å². The van der Waals surface area contributed by atoms with E-state index in [0.717, 1.165) is 22.4 Å². The van der Waals surface area contributed by atoms with Gasteiger partial charge in [-0.05, 0) is 37.1 Å². The Labute approximate surface area is 193 Å².